The van der Waals surface area contributed by atoms with Gasteiger partial charge in [0.2, 0.25) is 5.91 Å². The smallest absolute Gasteiger partial charge is 0.412 e. The van der Waals surface area contributed by atoms with E-state index in [1.807, 2.05) is 30.3 Å². The number of piperidine rings is 1. The Kier molecular flexibility index (Phi) is 5.61. The van der Waals surface area contributed by atoms with Crippen molar-refractivity contribution in [3.63, 3.8) is 0 Å². The Bertz CT molecular complexity index is 1300. The zero-order valence-electron chi connectivity index (χ0n) is 17.9. The molecule has 0 unspecified atom stereocenters. The minimum absolute atomic E-state index is 0.0238. The Morgan fingerprint density at radius 3 is 2.76 bits per heavy atom. The molecule has 176 valence electrons. The number of likely N-dealkylation sites (tertiary alicyclic amines) is 1. The molecule has 0 saturated carbocycles. The number of aromatic nitrogens is 2. The molecule has 2 aliphatic heterocycles. The number of carbonyl (C=O) groups is 2. The number of anilines is 2. The van der Waals surface area contributed by atoms with Crippen LogP contribution in [0.2, 0.25) is 10.0 Å². The van der Waals surface area contributed by atoms with Gasteiger partial charge in [-0.3, -0.25) is 10.1 Å². The van der Waals surface area contributed by atoms with E-state index in [4.69, 9.17) is 33.7 Å². The second kappa shape index (κ2) is 8.48. The van der Waals surface area contributed by atoms with Crippen LogP contribution in [0.3, 0.4) is 0 Å². The van der Waals surface area contributed by atoms with Crippen LogP contribution < -0.4 is 11.1 Å². The van der Waals surface area contributed by atoms with Crippen molar-refractivity contribution >= 4 is 46.7 Å². The van der Waals surface area contributed by atoms with Gasteiger partial charge >= 0.3 is 6.09 Å². The highest BCUT2D eigenvalue weighted by Crippen LogP contribution is 2.45. The van der Waals surface area contributed by atoms with E-state index in [-0.39, 0.29) is 46.1 Å². The van der Waals surface area contributed by atoms with Gasteiger partial charge < -0.3 is 15.4 Å². The van der Waals surface area contributed by atoms with Crippen LogP contribution in [0, 0.1) is 5.82 Å². The molecule has 2 aromatic carbocycles. The number of amides is 2. The number of benzene rings is 2. The van der Waals surface area contributed by atoms with Crippen molar-refractivity contribution in [2.75, 3.05) is 24.1 Å². The van der Waals surface area contributed by atoms with E-state index < -0.39 is 17.5 Å². The molecule has 1 saturated heterocycles. The fourth-order valence-corrected chi connectivity index (χ4v) is 4.97. The van der Waals surface area contributed by atoms with Gasteiger partial charge in [-0.2, -0.15) is 5.10 Å². The van der Waals surface area contributed by atoms with Gasteiger partial charge in [0.25, 0.3) is 0 Å². The Hall–Kier alpha value is -3.30. The van der Waals surface area contributed by atoms with E-state index in [0.29, 0.717) is 25.1 Å². The lowest BCUT2D eigenvalue weighted by atomic mass is 9.83. The standard InChI is InChI=1S/C23H20Cl2FN5O3/c24-14-7-8-15-17(19(14)26)23(34-22(33)28-15)9-4-10-30(12-23)16(32)11-31-21(27)18(25)20(29-31)13-5-2-1-3-6-13/h1-3,5-8H,4,9-12,27H2,(H,28,33)/t23-/m0/s1. The summed E-state index contributed by atoms with van der Waals surface area (Å²) in [6, 6.07) is 12.2. The van der Waals surface area contributed by atoms with Gasteiger partial charge in [-0.1, -0.05) is 53.5 Å². The molecular formula is C23H20Cl2FN5O3. The molecule has 11 heteroatoms. The Morgan fingerprint density at radius 2 is 2.00 bits per heavy atom. The summed E-state index contributed by atoms with van der Waals surface area (Å²) in [6.07, 6.45) is 0.135. The number of nitrogens with zero attached hydrogens (tertiary/aromatic N) is 3. The molecule has 3 N–H and O–H groups in total. The van der Waals surface area contributed by atoms with Gasteiger partial charge in [0, 0.05) is 12.1 Å². The molecule has 0 aliphatic carbocycles. The molecule has 2 aliphatic rings. The van der Waals surface area contributed by atoms with E-state index in [9.17, 15) is 9.59 Å². The first kappa shape index (κ1) is 22.5. The quantitative estimate of drug-likeness (QED) is 0.541. The maximum absolute atomic E-state index is 15.1. The van der Waals surface area contributed by atoms with Crippen molar-refractivity contribution in [1.29, 1.82) is 0 Å². The van der Waals surface area contributed by atoms with Gasteiger partial charge in [-0.15, -0.1) is 0 Å². The third-order valence-electron chi connectivity index (χ3n) is 6.15. The number of hydrogen-bond donors (Lipinski definition) is 2. The summed E-state index contributed by atoms with van der Waals surface area (Å²) in [5.41, 5.74) is 6.45. The van der Waals surface area contributed by atoms with Crippen LogP contribution in [0.25, 0.3) is 11.3 Å². The highest BCUT2D eigenvalue weighted by molar-refractivity contribution is 6.35. The number of ether oxygens (including phenoxy) is 1. The van der Waals surface area contributed by atoms with Crippen molar-refractivity contribution in [3.05, 3.63) is 63.9 Å². The molecule has 1 aromatic heterocycles. The largest absolute Gasteiger partial charge is 0.436 e. The molecule has 1 fully saturated rings. The zero-order valence-corrected chi connectivity index (χ0v) is 19.4. The fraction of sp³-hybridized carbons (Fsp3) is 0.261. The summed E-state index contributed by atoms with van der Waals surface area (Å²) in [4.78, 5) is 27.0. The van der Waals surface area contributed by atoms with Gasteiger partial charge in [-0.25, -0.2) is 13.9 Å². The van der Waals surface area contributed by atoms with Crippen molar-refractivity contribution in [1.82, 2.24) is 14.7 Å². The summed E-state index contributed by atoms with van der Waals surface area (Å²) in [5.74, 6) is -0.829. The summed E-state index contributed by atoms with van der Waals surface area (Å²) >= 11 is 12.4. The van der Waals surface area contributed by atoms with Crippen LogP contribution in [0.15, 0.2) is 42.5 Å². The van der Waals surface area contributed by atoms with Gasteiger partial charge in [0.1, 0.15) is 23.1 Å². The van der Waals surface area contributed by atoms with E-state index in [1.165, 1.54) is 21.7 Å². The fourth-order valence-electron chi connectivity index (χ4n) is 4.57. The van der Waals surface area contributed by atoms with Crippen molar-refractivity contribution in [2.45, 2.75) is 25.0 Å². The molecule has 2 amide bonds. The van der Waals surface area contributed by atoms with Crippen molar-refractivity contribution in [2.24, 2.45) is 0 Å². The van der Waals surface area contributed by atoms with Crippen LogP contribution >= 0.6 is 23.2 Å². The number of hydrogen-bond acceptors (Lipinski definition) is 5. The molecule has 1 spiro atoms. The topological polar surface area (TPSA) is 102 Å². The Labute approximate surface area is 204 Å². The third kappa shape index (κ3) is 3.74. The van der Waals surface area contributed by atoms with E-state index in [0.717, 1.165) is 5.56 Å². The lowest BCUT2D eigenvalue weighted by molar-refractivity contribution is -0.140. The average Bonchev–Trinajstić information content (AvgIpc) is 3.10. The second-order valence-corrected chi connectivity index (χ2v) is 9.07. The average molecular weight is 504 g/mol. The SMILES string of the molecule is Nc1c(Cl)c(-c2ccccc2)nn1CC(=O)N1CCC[C@@]2(C1)OC(=O)Nc1ccc(Cl)c(F)c12. The molecule has 3 aromatic rings. The molecular weight excluding hydrogens is 484 g/mol. The molecule has 0 radical (unpaired) electrons. The molecule has 5 rings (SSSR count). The Balaban J connectivity index is 1.43. The predicted octanol–water partition coefficient (Wildman–Crippen LogP) is 4.66. The predicted molar refractivity (Wildman–Crippen MR) is 126 cm³/mol. The maximum Gasteiger partial charge on any atom is 0.412 e. The first-order chi connectivity index (χ1) is 16.3. The number of carbonyl (C=O) groups excluding carboxylic acids is 2. The normalized spacial score (nSPS) is 19.5. The zero-order chi connectivity index (χ0) is 24.0. The second-order valence-electron chi connectivity index (χ2n) is 8.28. The summed E-state index contributed by atoms with van der Waals surface area (Å²) in [6.45, 7) is 0.207. The number of halogens is 3. The number of rotatable bonds is 3. The van der Waals surface area contributed by atoms with E-state index in [2.05, 4.69) is 10.4 Å². The lowest BCUT2D eigenvalue weighted by Crippen LogP contribution is -2.54. The summed E-state index contributed by atoms with van der Waals surface area (Å²) < 4.78 is 22.0. The van der Waals surface area contributed by atoms with Crippen LogP contribution in [0.1, 0.15) is 18.4 Å². The van der Waals surface area contributed by atoms with E-state index >= 15 is 4.39 Å². The first-order valence-corrected chi connectivity index (χ1v) is 11.4. The number of nitrogens with one attached hydrogen (secondary N) is 1. The Morgan fingerprint density at radius 1 is 1.24 bits per heavy atom. The molecule has 34 heavy (non-hydrogen) atoms. The van der Waals surface area contributed by atoms with Crippen molar-refractivity contribution < 1.29 is 18.7 Å². The van der Waals surface area contributed by atoms with Crippen LogP contribution in [0.4, 0.5) is 20.7 Å². The molecule has 1 atom stereocenters. The molecule has 3 heterocycles. The number of nitrogens with two attached hydrogens (primary N) is 1. The van der Waals surface area contributed by atoms with Gasteiger partial charge in [0.05, 0.1) is 22.8 Å². The third-order valence-corrected chi connectivity index (χ3v) is 6.81. The summed E-state index contributed by atoms with van der Waals surface area (Å²) in [7, 11) is 0. The highest BCUT2D eigenvalue weighted by atomic mass is 35.5. The first-order valence-electron chi connectivity index (χ1n) is 10.6. The van der Waals surface area contributed by atoms with Crippen LogP contribution in [-0.2, 0) is 21.7 Å². The minimum atomic E-state index is -1.34. The van der Waals surface area contributed by atoms with Gasteiger partial charge in [-0.05, 0) is 25.0 Å². The number of nitrogen functional groups attached to an aromatic ring is 1. The van der Waals surface area contributed by atoms with E-state index in [1.54, 1.807) is 0 Å². The number of fused-ring (bicyclic) bond motifs is 2. The van der Waals surface area contributed by atoms with Gasteiger partial charge in [0.15, 0.2) is 11.4 Å². The highest BCUT2D eigenvalue weighted by Gasteiger charge is 2.48. The molecule has 0 bridgehead atoms. The van der Waals surface area contributed by atoms with Crippen LogP contribution in [-0.4, -0.2) is 39.8 Å². The molecule has 8 nitrogen and oxygen atoms in total. The van der Waals surface area contributed by atoms with Crippen LogP contribution in [0.5, 0.6) is 0 Å². The minimum Gasteiger partial charge on any atom is -0.436 e. The van der Waals surface area contributed by atoms with Crippen molar-refractivity contribution in [3.8, 4) is 11.3 Å². The lowest BCUT2D eigenvalue weighted by Gasteiger charge is -2.45. The summed E-state index contributed by atoms with van der Waals surface area (Å²) in [5, 5.41) is 7.11. The maximum atomic E-state index is 15.1. The monoisotopic (exact) mass is 503 g/mol.